The molecule has 0 fully saturated rings. The normalized spacial score (nSPS) is 14.1. The van der Waals surface area contributed by atoms with E-state index in [2.05, 4.69) is 224 Å². The van der Waals surface area contributed by atoms with E-state index < -0.39 is 0 Å². The minimum atomic E-state index is 0.853. The molecule has 12 rings (SSSR count). The standard InChI is InChI=1S/C59H39NOS/c1-38-14-4-2-7-23-50-55-47-20-11-8-16-40(47)29-35-54(55)62-59(50)52(36-38)42-26-32-46(33-27-42)60(44-18-5-3-6-19-44)45-30-24-41(25-31-45)51-37-43-17-10-13-22-49(43)57-56-48-21-12-9-15-39(48)28-34-53(56)61-58(51)57/h2-22,24-37H,1,23H2/b7-2-,14-4-,52-36?. The quantitative estimate of drug-likeness (QED) is 0.172. The van der Waals surface area contributed by atoms with Gasteiger partial charge in [0.1, 0.15) is 11.2 Å². The Labute approximate surface area is 363 Å². The lowest BCUT2D eigenvalue weighted by Gasteiger charge is -2.26. The Morgan fingerprint density at radius 3 is 1.84 bits per heavy atom. The molecule has 9 aromatic carbocycles. The van der Waals surface area contributed by atoms with Gasteiger partial charge < -0.3 is 9.32 Å². The van der Waals surface area contributed by atoms with Crippen molar-refractivity contribution in [3.63, 3.8) is 0 Å². The van der Waals surface area contributed by atoms with Gasteiger partial charge in [-0.05, 0) is 127 Å². The Bertz CT molecular complexity index is 3660. The van der Waals surface area contributed by atoms with Crippen molar-refractivity contribution in [2.75, 3.05) is 4.90 Å². The lowest BCUT2D eigenvalue weighted by Crippen LogP contribution is -2.09. The Hall–Kier alpha value is -7.72. The molecule has 1 aliphatic carbocycles. The molecule has 0 saturated heterocycles. The van der Waals surface area contributed by atoms with Crippen molar-refractivity contribution in [2.45, 2.75) is 6.42 Å². The first-order chi connectivity index (χ1) is 30.7. The Balaban J connectivity index is 0.966. The van der Waals surface area contributed by atoms with Gasteiger partial charge in [0.05, 0.1) is 0 Å². The van der Waals surface area contributed by atoms with E-state index in [4.69, 9.17) is 4.42 Å². The molecule has 0 radical (unpaired) electrons. The van der Waals surface area contributed by atoms with Crippen molar-refractivity contribution in [3.05, 3.63) is 241 Å². The summed E-state index contributed by atoms with van der Waals surface area (Å²) in [7, 11) is 0. The van der Waals surface area contributed by atoms with Crippen LogP contribution in [0.5, 0.6) is 0 Å². The molecule has 0 unspecified atom stereocenters. The maximum atomic E-state index is 6.80. The van der Waals surface area contributed by atoms with Crippen molar-refractivity contribution >= 4 is 98.3 Å². The van der Waals surface area contributed by atoms with Gasteiger partial charge in [0.15, 0.2) is 0 Å². The Morgan fingerprint density at radius 1 is 0.516 bits per heavy atom. The van der Waals surface area contributed by atoms with Gasteiger partial charge in [0.25, 0.3) is 0 Å². The summed E-state index contributed by atoms with van der Waals surface area (Å²) >= 11 is 1.88. The molecule has 62 heavy (non-hydrogen) atoms. The molecule has 292 valence electrons. The summed E-state index contributed by atoms with van der Waals surface area (Å²) in [4.78, 5) is 3.63. The number of fused-ring (bicyclic) bond motifs is 12. The fourth-order valence-electron chi connectivity index (χ4n) is 9.51. The lowest BCUT2D eigenvalue weighted by molar-refractivity contribution is 0.670. The van der Waals surface area contributed by atoms with E-state index in [0.29, 0.717) is 0 Å². The summed E-state index contributed by atoms with van der Waals surface area (Å²) in [5, 5.41) is 11.1. The lowest BCUT2D eigenvalue weighted by atomic mass is 9.93. The molecule has 0 N–H and O–H groups in total. The molecule has 3 heteroatoms. The number of allylic oxidation sites excluding steroid dienone is 6. The summed E-state index contributed by atoms with van der Waals surface area (Å²) in [6.07, 6.45) is 11.7. The molecule has 2 heterocycles. The topological polar surface area (TPSA) is 16.4 Å². The molecule has 2 aromatic heterocycles. The number of benzene rings is 9. The van der Waals surface area contributed by atoms with Gasteiger partial charge in [-0.2, -0.15) is 0 Å². The predicted octanol–water partition coefficient (Wildman–Crippen LogP) is 17.1. The van der Waals surface area contributed by atoms with Crippen LogP contribution in [-0.4, -0.2) is 0 Å². The zero-order chi connectivity index (χ0) is 41.1. The van der Waals surface area contributed by atoms with Gasteiger partial charge in [0, 0.05) is 48.4 Å². The molecule has 0 amide bonds. The van der Waals surface area contributed by atoms with Crippen LogP contribution in [0.3, 0.4) is 0 Å². The van der Waals surface area contributed by atoms with Crippen LogP contribution in [0.15, 0.2) is 229 Å². The van der Waals surface area contributed by atoms with Crippen LogP contribution in [0.25, 0.3) is 81.0 Å². The molecule has 0 spiro atoms. The highest BCUT2D eigenvalue weighted by atomic mass is 32.1. The third-order valence-electron chi connectivity index (χ3n) is 12.4. The monoisotopic (exact) mass is 809 g/mol. The predicted molar refractivity (Wildman–Crippen MR) is 266 cm³/mol. The van der Waals surface area contributed by atoms with Gasteiger partial charge in [-0.3, -0.25) is 0 Å². The molecule has 0 aliphatic heterocycles. The van der Waals surface area contributed by atoms with Crippen molar-refractivity contribution in [1.82, 2.24) is 0 Å². The molecule has 0 saturated carbocycles. The van der Waals surface area contributed by atoms with Gasteiger partial charge in [-0.1, -0.05) is 158 Å². The second kappa shape index (κ2) is 14.8. The summed E-state index contributed by atoms with van der Waals surface area (Å²) < 4.78 is 8.10. The summed E-state index contributed by atoms with van der Waals surface area (Å²) in [5.41, 5.74) is 11.9. The van der Waals surface area contributed by atoms with Crippen LogP contribution >= 0.6 is 11.3 Å². The third-order valence-corrected chi connectivity index (χ3v) is 13.6. The number of thiophene rings is 1. The minimum absolute atomic E-state index is 0.853. The van der Waals surface area contributed by atoms with Gasteiger partial charge in [0.2, 0.25) is 0 Å². The average Bonchev–Trinajstić information content (AvgIpc) is 3.91. The molecule has 0 bridgehead atoms. The average molecular weight is 810 g/mol. The van der Waals surface area contributed by atoms with Crippen molar-refractivity contribution < 1.29 is 4.42 Å². The van der Waals surface area contributed by atoms with Crippen LogP contribution in [0.2, 0.25) is 0 Å². The van der Waals surface area contributed by atoms with Crippen LogP contribution in [0.4, 0.5) is 17.1 Å². The van der Waals surface area contributed by atoms with E-state index >= 15 is 0 Å². The van der Waals surface area contributed by atoms with Crippen LogP contribution in [0.1, 0.15) is 16.0 Å². The maximum absolute atomic E-state index is 6.80. The number of anilines is 3. The van der Waals surface area contributed by atoms with Crippen LogP contribution in [-0.2, 0) is 6.42 Å². The SMILES string of the molecule is C=C1C=C(c2ccc(N(c3ccccc3)c3ccc(-c4cc5ccccc5c5c4oc4ccc6ccccc6c45)cc3)cc2)c2sc3ccc4ccccc4c3c2C/C=C\C=C/1. The van der Waals surface area contributed by atoms with Crippen molar-refractivity contribution in [3.8, 4) is 11.1 Å². The second-order valence-electron chi connectivity index (χ2n) is 16.1. The molecular weight excluding hydrogens is 771 g/mol. The number of furan rings is 1. The van der Waals surface area contributed by atoms with E-state index in [9.17, 15) is 0 Å². The molecule has 2 nitrogen and oxygen atoms in total. The third kappa shape index (κ3) is 6.01. The summed E-state index contributed by atoms with van der Waals surface area (Å²) in [5.74, 6) is 0. The number of hydrogen-bond donors (Lipinski definition) is 0. The van der Waals surface area contributed by atoms with Gasteiger partial charge in [-0.25, -0.2) is 0 Å². The van der Waals surface area contributed by atoms with Crippen molar-refractivity contribution in [1.29, 1.82) is 0 Å². The van der Waals surface area contributed by atoms with Gasteiger partial charge in [-0.15, -0.1) is 11.3 Å². The Kier molecular flexibility index (Phi) is 8.62. The first-order valence-electron chi connectivity index (χ1n) is 21.2. The van der Waals surface area contributed by atoms with Crippen LogP contribution < -0.4 is 4.90 Å². The highest BCUT2D eigenvalue weighted by Gasteiger charge is 2.22. The largest absolute Gasteiger partial charge is 0.455 e. The van der Waals surface area contributed by atoms with E-state index in [-0.39, 0.29) is 0 Å². The molecule has 0 atom stereocenters. The molecular formula is C59H39NOS. The summed E-state index contributed by atoms with van der Waals surface area (Å²) in [6, 6.07) is 65.7. The number of rotatable bonds is 5. The fraction of sp³-hybridized carbons (Fsp3) is 0.0169. The van der Waals surface area contributed by atoms with Crippen LogP contribution in [0, 0.1) is 0 Å². The summed E-state index contributed by atoms with van der Waals surface area (Å²) in [6.45, 7) is 4.44. The minimum Gasteiger partial charge on any atom is -0.455 e. The second-order valence-corrected chi connectivity index (χ2v) is 17.1. The maximum Gasteiger partial charge on any atom is 0.143 e. The Morgan fingerprint density at radius 2 is 1.11 bits per heavy atom. The fourth-order valence-corrected chi connectivity index (χ4v) is 10.8. The van der Waals surface area contributed by atoms with Gasteiger partial charge >= 0.3 is 0 Å². The highest BCUT2D eigenvalue weighted by Crippen LogP contribution is 2.46. The highest BCUT2D eigenvalue weighted by molar-refractivity contribution is 7.20. The first-order valence-corrected chi connectivity index (χ1v) is 22.0. The number of para-hydroxylation sites is 1. The van der Waals surface area contributed by atoms with E-state index in [1.165, 1.54) is 63.8 Å². The zero-order valence-corrected chi connectivity index (χ0v) is 34.7. The zero-order valence-electron chi connectivity index (χ0n) is 33.9. The van der Waals surface area contributed by atoms with E-state index in [1.54, 1.807) is 0 Å². The molecule has 11 aromatic rings. The smallest absolute Gasteiger partial charge is 0.143 e. The van der Waals surface area contributed by atoms with Crippen molar-refractivity contribution in [2.24, 2.45) is 0 Å². The van der Waals surface area contributed by atoms with E-state index in [1.807, 2.05) is 11.3 Å². The number of nitrogens with zero attached hydrogens (tertiary/aromatic N) is 1. The first kappa shape index (κ1) is 36.2. The number of hydrogen-bond acceptors (Lipinski definition) is 3. The van der Waals surface area contributed by atoms with E-state index in [0.717, 1.165) is 62.3 Å². The molecule has 1 aliphatic rings.